The van der Waals surface area contributed by atoms with Gasteiger partial charge < -0.3 is 10.2 Å². The summed E-state index contributed by atoms with van der Waals surface area (Å²) in [7, 11) is 0. The Kier molecular flexibility index (Phi) is 4.79. The molecule has 1 aromatic rings. The number of hydrogen-bond acceptors (Lipinski definition) is 2. The molecule has 1 heterocycles. The van der Waals surface area contributed by atoms with Crippen molar-refractivity contribution in [3.8, 4) is 0 Å². The monoisotopic (exact) mass is 372 g/mol. The van der Waals surface area contributed by atoms with Gasteiger partial charge in [0.1, 0.15) is 0 Å². The number of anilines is 1. The lowest BCUT2D eigenvalue weighted by molar-refractivity contribution is -0.132. The third-order valence-electron chi connectivity index (χ3n) is 3.35. The molecule has 2 rings (SSSR count). The molecule has 1 aliphatic heterocycles. The maximum absolute atomic E-state index is 12.2. The Bertz CT molecular complexity index is 473. The zero-order chi connectivity index (χ0) is 13.8. The van der Waals surface area contributed by atoms with Crippen molar-refractivity contribution in [2.24, 2.45) is 5.92 Å². The van der Waals surface area contributed by atoms with E-state index in [9.17, 15) is 9.59 Å². The van der Waals surface area contributed by atoms with Crippen LogP contribution in [0.1, 0.15) is 19.8 Å². The van der Waals surface area contributed by atoms with Crippen LogP contribution in [0.5, 0.6) is 0 Å². The average molecular weight is 372 g/mol. The Morgan fingerprint density at radius 1 is 1.32 bits per heavy atom. The number of carbonyl (C=O) groups excluding carboxylic acids is 2. The molecule has 19 heavy (non-hydrogen) atoms. The molecule has 0 saturated carbocycles. The average Bonchev–Trinajstić information content (AvgIpc) is 2.41. The number of piperidine rings is 1. The lowest BCUT2D eigenvalue weighted by atomic mass is 9.97. The van der Waals surface area contributed by atoms with Crippen molar-refractivity contribution in [2.75, 3.05) is 18.4 Å². The van der Waals surface area contributed by atoms with Crippen LogP contribution in [-0.4, -0.2) is 29.8 Å². The van der Waals surface area contributed by atoms with Crippen LogP contribution in [0.15, 0.2) is 24.3 Å². The van der Waals surface area contributed by atoms with Crippen LogP contribution >= 0.6 is 22.6 Å². The fraction of sp³-hybridized carbons (Fsp3) is 0.429. The third kappa shape index (κ3) is 3.92. The smallest absolute Gasteiger partial charge is 0.229 e. The van der Waals surface area contributed by atoms with Crippen molar-refractivity contribution < 1.29 is 9.59 Å². The number of likely N-dealkylation sites (tertiary alicyclic amines) is 1. The summed E-state index contributed by atoms with van der Waals surface area (Å²) in [5, 5.41) is 2.92. The van der Waals surface area contributed by atoms with E-state index in [0.29, 0.717) is 6.54 Å². The van der Waals surface area contributed by atoms with Crippen LogP contribution in [0.2, 0.25) is 0 Å². The molecule has 4 nitrogen and oxygen atoms in total. The van der Waals surface area contributed by atoms with Gasteiger partial charge in [0.05, 0.1) is 5.92 Å². The molecule has 102 valence electrons. The fourth-order valence-electron chi connectivity index (χ4n) is 2.25. The Hall–Kier alpha value is -1.11. The van der Waals surface area contributed by atoms with Crippen molar-refractivity contribution in [3.05, 3.63) is 27.8 Å². The van der Waals surface area contributed by atoms with Crippen LogP contribution in [0, 0.1) is 9.49 Å². The maximum atomic E-state index is 12.2. The first kappa shape index (κ1) is 14.3. The highest BCUT2D eigenvalue weighted by molar-refractivity contribution is 14.1. The van der Waals surface area contributed by atoms with Crippen molar-refractivity contribution >= 4 is 40.1 Å². The molecule has 2 amide bonds. The second kappa shape index (κ2) is 6.36. The molecule has 0 bridgehead atoms. The van der Waals surface area contributed by atoms with Crippen LogP contribution < -0.4 is 5.32 Å². The van der Waals surface area contributed by atoms with Gasteiger partial charge in [-0.1, -0.05) is 0 Å². The van der Waals surface area contributed by atoms with E-state index in [-0.39, 0.29) is 17.7 Å². The van der Waals surface area contributed by atoms with Crippen molar-refractivity contribution in [2.45, 2.75) is 19.8 Å². The van der Waals surface area contributed by atoms with Gasteiger partial charge in [-0.15, -0.1) is 0 Å². The predicted molar refractivity (Wildman–Crippen MR) is 82.8 cm³/mol. The summed E-state index contributed by atoms with van der Waals surface area (Å²) in [5.74, 6) is -0.0455. The van der Waals surface area contributed by atoms with E-state index in [1.807, 2.05) is 24.3 Å². The summed E-state index contributed by atoms with van der Waals surface area (Å²) in [4.78, 5) is 25.3. The Balaban J connectivity index is 1.96. The summed E-state index contributed by atoms with van der Waals surface area (Å²) in [6, 6.07) is 7.70. The van der Waals surface area contributed by atoms with E-state index in [1.54, 1.807) is 11.8 Å². The minimum atomic E-state index is -0.100. The minimum absolute atomic E-state index is 0.00663. The molecule has 0 aromatic heterocycles. The van der Waals surface area contributed by atoms with Gasteiger partial charge >= 0.3 is 0 Å². The number of hydrogen-bond donors (Lipinski definition) is 1. The first-order valence-corrected chi connectivity index (χ1v) is 7.46. The summed E-state index contributed by atoms with van der Waals surface area (Å²) in [6.45, 7) is 2.85. The van der Waals surface area contributed by atoms with Crippen molar-refractivity contribution in [1.82, 2.24) is 4.90 Å². The number of benzene rings is 1. The molecule has 1 fully saturated rings. The highest BCUT2D eigenvalue weighted by Crippen LogP contribution is 2.19. The molecule has 5 heteroatoms. The number of halogens is 1. The van der Waals surface area contributed by atoms with E-state index in [2.05, 4.69) is 27.9 Å². The second-order valence-electron chi connectivity index (χ2n) is 4.80. The lowest BCUT2D eigenvalue weighted by Crippen LogP contribution is -2.42. The summed E-state index contributed by atoms with van der Waals surface area (Å²) >= 11 is 2.23. The minimum Gasteiger partial charge on any atom is -0.342 e. The predicted octanol–water partition coefficient (Wildman–Crippen LogP) is 2.49. The Morgan fingerprint density at radius 3 is 2.63 bits per heavy atom. The molecule has 1 atom stereocenters. The van der Waals surface area contributed by atoms with Gasteiger partial charge in [0.25, 0.3) is 0 Å². The number of nitrogens with one attached hydrogen (secondary N) is 1. The van der Waals surface area contributed by atoms with Crippen LogP contribution in [0.3, 0.4) is 0 Å². The fourth-order valence-corrected chi connectivity index (χ4v) is 2.61. The van der Waals surface area contributed by atoms with E-state index < -0.39 is 0 Å². The molecule has 1 aliphatic rings. The van der Waals surface area contributed by atoms with Gasteiger partial charge in [0.15, 0.2) is 0 Å². The molecule has 1 aromatic carbocycles. The van der Waals surface area contributed by atoms with E-state index in [1.165, 1.54) is 0 Å². The number of amides is 2. The molecule has 1 saturated heterocycles. The summed E-state index contributed by atoms with van der Waals surface area (Å²) < 4.78 is 1.14. The topological polar surface area (TPSA) is 49.4 Å². The normalized spacial score (nSPS) is 19.1. The Labute approximate surface area is 126 Å². The molecule has 1 N–H and O–H groups in total. The van der Waals surface area contributed by atoms with Crippen molar-refractivity contribution in [3.63, 3.8) is 0 Å². The SMILES string of the molecule is CC(=O)N1CCC[C@@H](C(=O)Nc2ccc(I)cc2)C1. The number of carbonyl (C=O) groups is 2. The molecule has 0 spiro atoms. The molecule has 0 radical (unpaired) electrons. The number of nitrogens with zero attached hydrogens (tertiary/aromatic N) is 1. The van der Waals surface area contributed by atoms with E-state index >= 15 is 0 Å². The lowest BCUT2D eigenvalue weighted by Gasteiger charge is -2.31. The molecular formula is C14H17IN2O2. The standard InChI is InChI=1S/C14H17IN2O2/c1-10(18)17-8-2-3-11(9-17)14(19)16-13-6-4-12(15)5-7-13/h4-7,11H,2-3,8-9H2,1H3,(H,16,19)/t11-/m1/s1. The van der Waals surface area contributed by atoms with Gasteiger partial charge in [-0.25, -0.2) is 0 Å². The molecular weight excluding hydrogens is 355 g/mol. The van der Waals surface area contributed by atoms with Crippen LogP contribution in [0.4, 0.5) is 5.69 Å². The van der Waals surface area contributed by atoms with Gasteiger partial charge in [-0.2, -0.15) is 0 Å². The van der Waals surface area contributed by atoms with Gasteiger partial charge in [0, 0.05) is 29.3 Å². The zero-order valence-electron chi connectivity index (χ0n) is 10.9. The third-order valence-corrected chi connectivity index (χ3v) is 4.07. The summed E-state index contributed by atoms with van der Waals surface area (Å²) in [5.41, 5.74) is 0.811. The quantitative estimate of drug-likeness (QED) is 0.812. The highest BCUT2D eigenvalue weighted by atomic mass is 127. The first-order valence-electron chi connectivity index (χ1n) is 6.38. The first-order chi connectivity index (χ1) is 9.06. The highest BCUT2D eigenvalue weighted by Gasteiger charge is 2.26. The second-order valence-corrected chi connectivity index (χ2v) is 6.05. The van der Waals surface area contributed by atoms with Crippen LogP contribution in [0.25, 0.3) is 0 Å². The zero-order valence-corrected chi connectivity index (χ0v) is 13.0. The summed E-state index contributed by atoms with van der Waals surface area (Å²) in [6.07, 6.45) is 1.74. The van der Waals surface area contributed by atoms with E-state index in [0.717, 1.165) is 28.6 Å². The van der Waals surface area contributed by atoms with Crippen LogP contribution in [-0.2, 0) is 9.59 Å². The number of rotatable bonds is 2. The van der Waals surface area contributed by atoms with Gasteiger partial charge in [-0.3, -0.25) is 9.59 Å². The van der Waals surface area contributed by atoms with Crippen molar-refractivity contribution in [1.29, 1.82) is 0 Å². The molecule has 0 unspecified atom stereocenters. The Morgan fingerprint density at radius 2 is 2.00 bits per heavy atom. The van der Waals surface area contributed by atoms with Gasteiger partial charge in [-0.05, 0) is 59.7 Å². The maximum Gasteiger partial charge on any atom is 0.229 e. The largest absolute Gasteiger partial charge is 0.342 e. The van der Waals surface area contributed by atoms with Gasteiger partial charge in [0.2, 0.25) is 11.8 Å². The van der Waals surface area contributed by atoms with E-state index in [4.69, 9.17) is 0 Å². The molecule has 0 aliphatic carbocycles.